The van der Waals surface area contributed by atoms with Gasteiger partial charge in [-0.1, -0.05) is 17.8 Å². The first-order chi connectivity index (χ1) is 10.2. The summed E-state index contributed by atoms with van der Waals surface area (Å²) in [4.78, 5) is 11.8. The number of hydrogen-bond acceptors (Lipinski definition) is 4. The Morgan fingerprint density at radius 3 is 3.00 bits per heavy atom. The minimum Gasteiger partial charge on any atom is -0.331 e. The molecule has 2 aromatic heterocycles. The molecule has 0 saturated heterocycles. The molecule has 4 nitrogen and oxygen atoms in total. The zero-order valence-corrected chi connectivity index (χ0v) is 12.0. The molecule has 0 fully saturated rings. The molecule has 6 heteroatoms. The summed E-state index contributed by atoms with van der Waals surface area (Å²) >= 11 is 1.46. The maximum atomic E-state index is 13.1. The number of rotatable bonds is 3. The summed E-state index contributed by atoms with van der Waals surface area (Å²) in [6.45, 7) is 1.99. The quantitative estimate of drug-likeness (QED) is 0.751. The lowest BCUT2D eigenvalue weighted by atomic mass is 10.1. The standard InChI is InChI=1S/C15H11FN4S/c1-9-4-5-18-14-13(9)19-15(20-14)21-8-10-2-3-12(16)6-11(10)7-17/h2-6H,8H2,1H3,(H,18,19,20). The van der Waals surface area contributed by atoms with Gasteiger partial charge in [0.2, 0.25) is 0 Å². The molecular formula is C15H11FN4S. The number of H-pyrrole nitrogens is 1. The van der Waals surface area contributed by atoms with Crippen LogP contribution in [0.25, 0.3) is 11.2 Å². The summed E-state index contributed by atoms with van der Waals surface area (Å²) < 4.78 is 13.1. The Bertz CT molecular complexity index is 850. The highest BCUT2D eigenvalue weighted by molar-refractivity contribution is 7.98. The average Bonchev–Trinajstić information content (AvgIpc) is 2.90. The largest absolute Gasteiger partial charge is 0.331 e. The highest BCUT2D eigenvalue weighted by Crippen LogP contribution is 2.25. The Morgan fingerprint density at radius 1 is 1.38 bits per heavy atom. The van der Waals surface area contributed by atoms with Crippen LogP contribution >= 0.6 is 11.8 Å². The van der Waals surface area contributed by atoms with Gasteiger partial charge >= 0.3 is 0 Å². The molecule has 0 atom stereocenters. The number of pyridine rings is 1. The summed E-state index contributed by atoms with van der Waals surface area (Å²) in [7, 11) is 0. The van der Waals surface area contributed by atoms with Gasteiger partial charge in [-0.3, -0.25) is 0 Å². The molecule has 1 aromatic carbocycles. The first-order valence-electron chi connectivity index (χ1n) is 6.30. The SMILES string of the molecule is Cc1ccnc2nc(SCc3ccc(F)cc3C#N)[nH]c12. The molecule has 21 heavy (non-hydrogen) atoms. The van der Waals surface area contributed by atoms with E-state index in [-0.39, 0.29) is 0 Å². The molecule has 3 rings (SSSR count). The second-order valence-electron chi connectivity index (χ2n) is 4.57. The van der Waals surface area contributed by atoms with E-state index in [0.29, 0.717) is 17.0 Å². The van der Waals surface area contributed by atoms with Crippen LogP contribution in [-0.4, -0.2) is 15.0 Å². The molecule has 0 spiro atoms. The Balaban J connectivity index is 1.84. The predicted octanol–water partition coefficient (Wildman–Crippen LogP) is 3.57. The fourth-order valence-electron chi connectivity index (χ4n) is 2.01. The molecule has 0 amide bonds. The van der Waals surface area contributed by atoms with Gasteiger partial charge in [-0.25, -0.2) is 14.4 Å². The van der Waals surface area contributed by atoms with Crippen LogP contribution in [0.15, 0.2) is 35.6 Å². The van der Waals surface area contributed by atoms with Gasteiger partial charge in [0, 0.05) is 11.9 Å². The van der Waals surface area contributed by atoms with Gasteiger partial charge in [0.05, 0.1) is 17.1 Å². The zero-order valence-electron chi connectivity index (χ0n) is 11.2. The van der Waals surface area contributed by atoms with E-state index >= 15 is 0 Å². The van der Waals surface area contributed by atoms with Crippen molar-refractivity contribution >= 4 is 22.9 Å². The third kappa shape index (κ3) is 2.73. The van der Waals surface area contributed by atoms with Crippen molar-refractivity contribution in [1.82, 2.24) is 15.0 Å². The fraction of sp³-hybridized carbons (Fsp3) is 0.133. The van der Waals surface area contributed by atoms with E-state index in [4.69, 9.17) is 5.26 Å². The van der Waals surface area contributed by atoms with Crippen molar-refractivity contribution in [2.45, 2.75) is 17.8 Å². The highest BCUT2D eigenvalue weighted by Gasteiger charge is 2.09. The van der Waals surface area contributed by atoms with Crippen molar-refractivity contribution in [3.8, 4) is 6.07 Å². The number of benzene rings is 1. The van der Waals surface area contributed by atoms with Gasteiger partial charge in [0.15, 0.2) is 10.8 Å². The van der Waals surface area contributed by atoms with Crippen LogP contribution in [0.2, 0.25) is 0 Å². The van der Waals surface area contributed by atoms with Crippen molar-refractivity contribution in [2.24, 2.45) is 0 Å². The van der Waals surface area contributed by atoms with Crippen LogP contribution in [0.1, 0.15) is 16.7 Å². The molecule has 2 heterocycles. The molecule has 0 radical (unpaired) electrons. The van der Waals surface area contributed by atoms with Gasteiger partial charge in [-0.05, 0) is 36.2 Å². The van der Waals surface area contributed by atoms with Gasteiger partial charge in [0.1, 0.15) is 5.82 Å². The van der Waals surface area contributed by atoms with Gasteiger partial charge in [0.25, 0.3) is 0 Å². The molecular weight excluding hydrogens is 287 g/mol. The van der Waals surface area contributed by atoms with Crippen LogP contribution in [-0.2, 0) is 5.75 Å². The van der Waals surface area contributed by atoms with Crippen molar-refractivity contribution < 1.29 is 4.39 Å². The molecule has 0 aliphatic rings. The number of nitrogens with zero attached hydrogens (tertiary/aromatic N) is 3. The van der Waals surface area contributed by atoms with E-state index in [0.717, 1.165) is 21.8 Å². The predicted molar refractivity (Wildman–Crippen MR) is 79.3 cm³/mol. The monoisotopic (exact) mass is 298 g/mol. The van der Waals surface area contributed by atoms with Crippen molar-refractivity contribution in [3.63, 3.8) is 0 Å². The lowest BCUT2D eigenvalue weighted by Crippen LogP contribution is -1.89. The third-order valence-electron chi connectivity index (χ3n) is 3.14. The van der Waals surface area contributed by atoms with Crippen molar-refractivity contribution in [3.05, 3.63) is 53.0 Å². The second kappa shape index (κ2) is 5.54. The average molecular weight is 298 g/mol. The van der Waals surface area contributed by atoms with Crippen LogP contribution in [0.4, 0.5) is 4.39 Å². The van der Waals surface area contributed by atoms with E-state index in [1.54, 1.807) is 12.3 Å². The molecule has 0 unspecified atom stereocenters. The smallest absolute Gasteiger partial charge is 0.178 e. The van der Waals surface area contributed by atoms with Crippen LogP contribution in [0.3, 0.4) is 0 Å². The molecule has 0 bridgehead atoms. The number of aromatic nitrogens is 3. The first kappa shape index (κ1) is 13.6. The summed E-state index contributed by atoms with van der Waals surface area (Å²) in [5, 5.41) is 9.77. The lowest BCUT2D eigenvalue weighted by molar-refractivity contribution is 0.627. The molecule has 0 aliphatic heterocycles. The summed E-state index contributed by atoms with van der Waals surface area (Å²) in [6.07, 6.45) is 1.72. The van der Waals surface area contributed by atoms with Gasteiger partial charge in [-0.2, -0.15) is 5.26 Å². The Morgan fingerprint density at radius 2 is 2.24 bits per heavy atom. The number of thioether (sulfide) groups is 1. The summed E-state index contributed by atoms with van der Waals surface area (Å²) in [5.74, 6) is 0.144. The number of imidazole rings is 1. The highest BCUT2D eigenvalue weighted by atomic mass is 32.2. The minimum atomic E-state index is -0.399. The van der Waals surface area contributed by atoms with Crippen LogP contribution in [0, 0.1) is 24.1 Å². The molecule has 1 N–H and O–H groups in total. The van der Waals surface area contributed by atoms with Crippen molar-refractivity contribution in [2.75, 3.05) is 0 Å². The number of aromatic amines is 1. The zero-order chi connectivity index (χ0) is 14.8. The Kier molecular flexibility index (Phi) is 3.59. The number of halogens is 1. The van der Waals surface area contributed by atoms with Gasteiger partial charge in [-0.15, -0.1) is 0 Å². The second-order valence-corrected chi connectivity index (χ2v) is 5.53. The van der Waals surface area contributed by atoms with E-state index < -0.39 is 5.82 Å². The number of nitriles is 1. The minimum absolute atomic E-state index is 0.355. The summed E-state index contributed by atoms with van der Waals surface area (Å²) in [5.41, 5.74) is 3.82. The molecule has 0 saturated carbocycles. The third-order valence-corrected chi connectivity index (χ3v) is 4.06. The van der Waals surface area contributed by atoms with E-state index in [1.165, 1.54) is 23.9 Å². The van der Waals surface area contributed by atoms with Crippen molar-refractivity contribution in [1.29, 1.82) is 5.26 Å². The van der Waals surface area contributed by atoms with E-state index in [9.17, 15) is 4.39 Å². The number of fused-ring (bicyclic) bond motifs is 1. The molecule has 0 aliphatic carbocycles. The van der Waals surface area contributed by atoms with Crippen LogP contribution < -0.4 is 0 Å². The maximum Gasteiger partial charge on any atom is 0.178 e. The molecule has 104 valence electrons. The fourth-order valence-corrected chi connectivity index (χ4v) is 2.88. The normalized spacial score (nSPS) is 10.7. The molecule has 3 aromatic rings. The number of nitrogens with one attached hydrogen (secondary N) is 1. The summed E-state index contributed by atoms with van der Waals surface area (Å²) in [6, 6.07) is 8.18. The Hall–Kier alpha value is -2.39. The maximum absolute atomic E-state index is 13.1. The van der Waals surface area contributed by atoms with Crippen LogP contribution in [0.5, 0.6) is 0 Å². The Labute approximate surface area is 125 Å². The van der Waals surface area contributed by atoms with E-state index in [1.807, 2.05) is 19.1 Å². The van der Waals surface area contributed by atoms with E-state index in [2.05, 4.69) is 15.0 Å². The lowest BCUT2D eigenvalue weighted by Gasteiger charge is -2.02. The number of hydrogen-bond donors (Lipinski definition) is 1. The number of aryl methyl sites for hydroxylation is 1. The first-order valence-corrected chi connectivity index (χ1v) is 7.28. The topological polar surface area (TPSA) is 65.4 Å². The van der Waals surface area contributed by atoms with Gasteiger partial charge < -0.3 is 4.98 Å².